The fraction of sp³-hybridized carbons (Fsp3) is 0.217. The first-order valence-electron chi connectivity index (χ1n) is 10.1. The van der Waals surface area contributed by atoms with Gasteiger partial charge in [-0.05, 0) is 41.3 Å². The number of rotatable bonds is 7. The molecule has 0 atom stereocenters. The van der Waals surface area contributed by atoms with Crippen molar-refractivity contribution in [2.75, 3.05) is 0 Å². The van der Waals surface area contributed by atoms with Crippen molar-refractivity contribution in [3.63, 3.8) is 0 Å². The number of nitrogens with one attached hydrogen (secondary N) is 1. The quantitative estimate of drug-likeness (QED) is 0.373. The van der Waals surface area contributed by atoms with Crippen LogP contribution in [-0.2, 0) is 13.0 Å². The second-order valence-electron chi connectivity index (χ2n) is 7.60. The molecule has 7 nitrogen and oxygen atoms in total. The highest BCUT2D eigenvalue weighted by molar-refractivity contribution is 7.13. The van der Waals surface area contributed by atoms with Crippen molar-refractivity contribution >= 4 is 22.3 Å². The van der Waals surface area contributed by atoms with Crippen LogP contribution in [0.15, 0.2) is 58.3 Å². The van der Waals surface area contributed by atoms with Gasteiger partial charge in [0.15, 0.2) is 16.6 Å². The van der Waals surface area contributed by atoms with Gasteiger partial charge < -0.3 is 9.15 Å². The van der Waals surface area contributed by atoms with Crippen LogP contribution in [0, 0.1) is 0 Å². The van der Waals surface area contributed by atoms with Gasteiger partial charge in [0.2, 0.25) is 0 Å². The number of aromatic amines is 1. The molecule has 0 saturated heterocycles. The molecule has 1 N–H and O–H groups in total. The molecule has 0 radical (unpaired) electrons. The van der Waals surface area contributed by atoms with Gasteiger partial charge in [0.25, 0.3) is 0 Å². The molecule has 0 aliphatic heterocycles. The maximum Gasteiger partial charge on any atom is 0.178 e. The molecule has 3 heterocycles. The van der Waals surface area contributed by atoms with Crippen LogP contribution in [0.3, 0.4) is 0 Å². The smallest absolute Gasteiger partial charge is 0.178 e. The molecule has 0 bridgehead atoms. The van der Waals surface area contributed by atoms with Crippen LogP contribution in [0.2, 0.25) is 0 Å². The third-order valence-electron chi connectivity index (χ3n) is 5.06. The van der Waals surface area contributed by atoms with E-state index in [-0.39, 0.29) is 0 Å². The number of hydrogen-bond acceptors (Lipinski definition) is 7. The summed E-state index contributed by atoms with van der Waals surface area (Å²) in [7, 11) is 0. The van der Waals surface area contributed by atoms with Crippen molar-refractivity contribution in [1.29, 1.82) is 0 Å². The van der Waals surface area contributed by atoms with E-state index < -0.39 is 0 Å². The van der Waals surface area contributed by atoms with E-state index in [2.05, 4.69) is 52.0 Å². The SMILES string of the molecule is CC(C)c1csc(-c2cc3cc(OCc4ccccc4Cc4nn[nH]n4)ccc3o2)n1. The van der Waals surface area contributed by atoms with Gasteiger partial charge in [-0.2, -0.15) is 5.21 Å². The van der Waals surface area contributed by atoms with E-state index in [0.29, 0.717) is 24.8 Å². The van der Waals surface area contributed by atoms with E-state index in [9.17, 15) is 0 Å². The molecule has 0 fully saturated rings. The topological polar surface area (TPSA) is 89.7 Å². The fourth-order valence-electron chi connectivity index (χ4n) is 3.34. The van der Waals surface area contributed by atoms with Gasteiger partial charge in [-0.1, -0.05) is 43.3 Å². The lowest BCUT2D eigenvalue weighted by Gasteiger charge is -2.10. The van der Waals surface area contributed by atoms with E-state index in [1.54, 1.807) is 11.3 Å². The predicted octanol–water partition coefficient (Wildman–Crippen LogP) is 5.36. The van der Waals surface area contributed by atoms with Gasteiger partial charge >= 0.3 is 0 Å². The van der Waals surface area contributed by atoms with Crippen molar-refractivity contribution in [2.45, 2.75) is 32.8 Å². The molecule has 0 saturated carbocycles. The number of aromatic nitrogens is 5. The number of furan rings is 1. The second kappa shape index (κ2) is 8.31. The summed E-state index contributed by atoms with van der Waals surface area (Å²) in [5.41, 5.74) is 4.11. The van der Waals surface area contributed by atoms with Gasteiger partial charge in [0.05, 0.1) is 5.69 Å². The van der Waals surface area contributed by atoms with Crippen molar-refractivity contribution in [1.82, 2.24) is 25.6 Å². The number of benzene rings is 2. The summed E-state index contributed by atoms with van der Waals surface area (Å²) in [6, 6.07) is 16.0. The molecule has 3 aromatic heterocycles. The first-order valence-corrected chi connectivity index (χ1v) is 10.9. The van der Waals surface area contributed by atoms with Crippen molar-refractivity contribution in [3.05, 3.63) is 76.6 Å². The zero-order valence-corrected chi connectivity index (χ0v) is 18.0. The molecular weight excluding hydrogens is 410 g/mol. The molecule has 8 heteroatoms. The minimum absolute atomic E-state index is 0.400. The number of fused-ring (bicyclic) bond motifs is 1. The third kappa shape index (κ3) is 4.20. The Morgan fingerprint density at radius 3 is 2.74 bits per heavy atom. The maximum atomic E-state index is 6.09. The molecule has 5 rings (SSSR count). The van der Waals surface area contributed by atoms with Crippen LogP contribution < -0.4 is 4.74 Å². The fourth-order valence-corrected chi connectivity index (χ4v) is 4.27. The first-order chi connectivity index (χ1) is 15.2. The lowest BCUT2D eigenvalue weighted by molar-refractivity contribution is 0.305. The Balaban J connectivity index is 1.33. The van der Waals surface area contributed by atoms with E-state index >= 15 is 0 Å². The number of hydrogen-bond donors (Lipinski definition) is 1. The number of tetrazole rings is 1. The highest BCUT2D eigenvalue weighted by atomic mass is 32.1. The number of nitrogens with zero attached hydrogens (tertiary/aromatic N) is 4. The molecule has 5 aromatic rings. The summed E-state index contributed by atoms with van der Waals surface area (Å²) in [5.74, 6) is 2.63. The van der Waals surface area contributed by atoms with Gasteiger partial charge in [-0.3, -0.25) is 0 Å². The number of H-pyrrole nitrogens is 1. The average Bonchev–Trinajstić information content (AvgIpc) is 3.52. The summed E-state index contributed by atoms with van der Waals surface area (Å²) in [4.78, 5) is 4.69. The standard InChI is InChI=1S/C23H21N5O2S/c1-14(2)19-13-31-23(24-19)21-10-17-9-18(7-8-20(17)30-21)29-12-16-6-4-3-5-15(16)11-22-25-27-28-26-22/h3-10,13-14H,11-12H2,1-2H3,(H,25,26,27,28). The third-order valence-corrected chi connectivity index (χ3v) is 5.94. The van der Waals surface area contributed by atoms with Gasteiger partial charge in [0.1, 0.15) is 17.9 Å². The second-order valence-corrected chi connectivity index (χ2v) is 8.46. The van der Waals surface area contributed by atoms with Gasteiger partial charge in [-0.25, -0.2) is 4.98 Å². The summed E-state index contributed by atoms with van der Waals surface area (Å²) in [5, 5.41) is 18.2. The van der Waals surface area contributed by atoms with Crippen molar-refractivity contribution in [3.8, 4) is 16.5 Å². The van der Waals surface area contributed by atoms with Crippen LogP contribution in [-0.4, -0.2) is 25.6 Å². The summed E-state index contributed by atoms with van der Waals surface area (Å²) in [6.07, 6.45) is 0.604. The molecule has 0 aliphatic carbocycles. The Morgan fingerprint density at radius 1 is 1.10 bits per heavy atom. The molecule has 0 amide bonds. The van der Waals surface area contributed by atoms with Gasteiger partial charge in [0, 0.05) is 17.2 Å². The van der Waals surface area contributed by atoms with Gasteiger partial charge in [-0.15, -0.1) is 21.5 Å². The highest BCUT2D eigenvalue weighted by Crippen LogP contribution is 2.33. The minimum Gasteiger partial charge on any atom is -0.489 e. The van der Waals surface area contributed by atoms with E-state index in [0.717, 1.165) is 44.3 Å². The zero-order chi connectivity index (χ0) is 21.2. The molecule has 0 unspecified atom stereocenters. The normalized spacial score (nSPS) is 11.5. The maximum absolute atomic E-state index is 6.09. The van der Waals surface area contributed by atoms with Crippen LogP contribution in [0.25, 0.3) is 21.7 Å². The molecule has 31 heavy (non-hydrogen) atoms. The summed E-state index contributed by atoms with van der Waals surface area (Å²) < 4.78 is 12.1. The Kier molecular flexibility index (Phi) is 5.21. The predicted molar refractivity (Wildman–Crippen MR) is 119 cm³/mol. The monoisotopic (exact) mass is 431 g/mol. The molecule has 156 valence electrons. The van der Waals surface area contributed by atoms with Crippen LogP contribution in [0.1, 0.15) is 42.4 Å². The molecular formula is C23H21N5O2S. The minimum atomic E-state index is 0.400. The zero-order valence-electron chi connectivity index (χ0n) is 17.2. The Labute approximate surface area is 183 Å². The van der Waals surface area contributed by atoms with E-state index in [4.69, 9.17) is 14.1 Å². The molecule has 2 aromatic carbocycles. The highest BCUT2D eigenvalue weighted by Gasteiger charge is 2.13. The molecule has 0 spiro atoms. The number of ether oxygens (including phenoxy) is 1. The van der Waals surface area contributed by atoms with E-state index in [1.807, 2.05) is 36.4 Å². The average molecular weight is 432 g/mol. The van der Waals surface area contributed by atoms with Crippen LogP contribution in [0.4, 0.5) is 0 Å². The Bertz CT molecular complexity index is 1310. The molecule has 0 aliphatic rings. The Morgan fingerprint density at radius 2 is 1.97 bits per heavy atom. The Hall–Kier alpha value is -3.52. The largest absolute Gasteiger partial charge is 0.489 e. The lowest BCUT2D eigenvalue weighted by atomic mass is 10.1. The summed E-state index contributed by atoms with van der Waals surface area (Å²) in [6.45, 7) is 4.73. The lowest BCUT2D eigenvalue weighted by Crippen LogP contribution is -2.02. The van der Waals surface area contributed by atoms with Crippen LogP contribution in [0.5, 0.6) is 5.75 Å². The van der Waals surface area contributed by atoms with Crippen LogP contribution >= 0.6 is 11.3 Å². The number of thiazole rings is 1. The van der Waals surface area contributed by atoms with E-state index in [1.165, 1.54) is 0 Å². The first kappa shape index (κ1) is 19.4. The summed E-state index contributed by atoms with van der Waals surface area (Å²) >= 11 is 1.61. The van der Waals surface area contributed by atoms with Crippen molar-refractivity contribution in [2.24, 2.45) is 0 Å². The van der Waals surface area contributed by atoms with Crippen molar-refractivity contribution < 1.29 is 9.15 Å².